The maximum atomic E-state index is 11.8. The average Bonchev–Trinajstić information content (AvgIpc) is 3.06. The van der Waals surface area contributed by atoms with Gasteiger partial charge in [-0.1, -0.05) is 6.07 Å². The molecule has 0 aliphatic rings. The number of nitrogens with zero attached hydrogens (tertiary/aromatic N) is 1. The van der Waals surface area contributed by atoms with Gasteiger partial charge in [-0.05, 0) is 41.9 Å². The van der Waals surface area contributed by atoms with Gasteiger partial charge < -0.3 is 10.1 Å². The van der Waals surface area contributed by atoms with Crippen LogP contribution in [0.3, 0.4) is 0 Å². The molecular formula is C15H13N3O4S2. The lowest BCUT2D eigenvalue weighted by molar-refractivity contribution is -0.384. The van der Waals surface area contributed by atoms with E-state index in [9.17, 15) is 14.9 Å². The first-order valence-electron chi connectivity index (χ1n) is 6.65. The lowest BCUT2D eigenvalue weighted by Gasteiger charge is -2.09. The largest absolute Gasteiger partial charge is 0.496 e. The van der Waals surface area contributed by atoms with Gasteiger partial charge in [0.05, 0.1) is 18.1 Å². The topological polar surface area (TPSA) is 93.5 Å². The van der Waals surface area contributed by atoms with Gasteiger partial charge in [0.1, 0.15) is 11.4 Å². The number of amides is 1. The molecule has 1 heterocycles. The first-order valence-corrected chi connectivity index (χ1v) is 7.94. The number of thiocarbonyl (C=S) groups is 1. The van der Waals surface area contributed by atoms with Crippen molar-refractivity contribution < 1.29 is 14.5 Å². The number of thiophene rings is 1. The SMILES string of the molecule is COc1ccc(NC(=S)NC(=O)C=Cc2cccs2)c([N+](=O)[O-])c1. The van der Waals surface area contributed by atoms with Crippen molar-refractivity contribution in [1.29, 1.82) is 0 Å². The number of rotatable bonds is 5. The minimum Gasteiger partial charge on any atom is -0.496 e. The lowest BCUT2D eigenvalue weighted by Crippen LogP contribution is -2.33. The van der Waals surface area contributed by atoms with Crippen molar-refractivity contribution in [2.45, 2.75) is 0 Å². The number of nitrogens with one attached hydrogen (secondary N) is 2. The Morgan fingerprint density at radius 3 is 2.83 bits per heavy atom. The van der Waals surface area contributed by atoms with E-state index in [0.29, 0.717) is 5.75 Å². The molecule has 0 spiro atoms. The van der Waals surface area contributed by atoms with Crippen LogP contribution in [0.5, 0.6) is 5.75 Å². The van der Waals surface area contributed by atoms with Crippen LogP contribution in [0.4, 0.5) is 11.4 Å². The predicted octanol–water partition coefficient (Wildman–Crippen LogP) is 3.19. The first-order chi connectivity index (χ1) is 11.5. The Kier molecular flexibility index (Phi) is 5.99. The highest BCUT2D eigenvalue weighted by Gasteiger charge is 2.16. The predicted molar refractivity (Wildman–Crippen MR) is 97.4 cm³/mol. The Balaban J connectivity index is 2.01. The molecule has 1 aromatic heterocycles. The fourth-order valence-corrected chi connectivity index (χ4v) is 2.57. The van der Waals surface area contributed by atoms with Crippen LogP contribution in [0, 0.1) is 10.1 Å². The standard InChI is InChI=1S/C15H13N3O4S2/c1-22-10-4-6-12(13(9-10)18(20)21)16-15(23)17-14(19)7-5-11-3-2-8-24-11/h2-9H,1H3,(H2,16,17,19,23). The van der Waals surface area contributed by atoms with E-state index < -0.39 is 10.8 Å². The molecule has 0 radical (unpaired) electrons. The van der Waals surface area contributed by atoms with Crippen LogP contribution in [-0.4, -0.2) is 23.1 Å². The monoisotopic (exact) mass is 363 g/mol. The average molecular weight is 363 g/mol. The molecule has 2 rings (SSSR count). The maximum absolute atomic E-state index is 11.8. The molecule has 24 heavy (non-hydrogen) atoms. The van der Waals surface area contributed by atoms with Gasteiger partial charge in [0.15, 0.2) is 5.11 Å². The summed E-state index contributed by atoms with van der Waals surface area (Å²) in [7, 11) is 1.41. The van der Waals surface area contributed by atoms with Crippen molar-refractivity contribution in [3.05, 3.63) is 56.8 Å². The molecule has 0 aliphatic carbocycles. The fourth-order valence-electron chi connectivity index (χ4n) is 1.75. The van der Waals surface area contributed by atoms with Gasteiger partial charge in [0.25, 0.3) is 5.69 Å². The molecule has 0 fully saturated rings. The van der Waals surface area contributed by atoms with Gasteiger partial charge in [-0.25, -0.2) is 0 Å². The van der Waals surface area contributed by atoms with Crippen LogP contribution >= 0.6 is 23.6 Å². The van der Waals surface area contributed by atoms with E-state index >= 15 is 0 Å². The van der Waals surface area contributed by atoms with E-state index in [1.54, 1.807) is 12.1 Å². The molecule has 9 heteroatoms. The molecule has 0 saturated carbocycles. The third kappa shape index (κ3) is 4.86. The van der Waals surface area contributed by atoms with Gasteiger partial charge in [-0.2, -0.15) is 0 Å². The highest BCUT2D eigenvalue weighted by Crippen LogP contribution is 2.28. The first kappa shape index (κ1) is 17.6. The summed E-state index contributed by atoms with van der Waals surface area (Å²) in [5.41, 5.74) is -0.0478. The second-order valence-corrected chi connectivity index (χ2v) is 5.82. The number of nitro benzene ring substituents is 1. The fraction of sp³-hybridized carbons (Fsp3) is 0.0667. The number of hydrogen-bond acceptors (Lipinski definition) is 6. The highest BCUT2D eigenvalue weighted by molar-refractivity contribution is 7.80. The number of benzene rings is 1. The molecule has 2 aromatic rings. The van der Waals surface area contributed by atoms with Gasteiger partial charge in [-0.15, -0.1) is 11.3 Å². The van der Waals surface area contributed by atoms with E-state index in [4.69, 9.17) is 17.0 Å². The lowest BCUT2D eigenvalue weighted by atomic mass is 10.2. The van der Waals surface area contributed by atoms with Crippen LogP contribution < -0.4 is 15.4 Å². The molecule has 0 unspecified atom stereocenters. The van der Waals surface area contributed by atoms with E-state index in [-0.39, 0.29) is 16.5 Å². The van der Waals surface area contributed by atoms with E-state index in [1.807, 2.05) is 17.5 Å². The van der Waals surface area contributed by atoms with Crippen LogP contribution in [0.2, 0.25) is 0 Å². The summed E-state index contributed by atoms with van der Waals surface area (Å²) in [6.45, 7) is 0. The summed E-state index contributed by atoms with van der Waals surface area (Å²) in [4.78, 5) is 23.2. The minimum absolute atomic E-state index is 0.0379. The highest BCUT2D eigenvalue weighted by atomic mass is 32.1. The number of anilines is 1. The third-order valence-corrected chi connectivity index (χ3v) is 3.87. The molecule has 7 nitrogen and oxygen atoms in total. The van der Waals surface area contributed by atoms with Crippen molar-refractivity contribution in [2.24, 2.45) is 0 Å². The van der Waals surface area contributed by atoms with Gasteiger partial charge >= 0.3 is 0 Å². The van der Waals surface area contributed by atoms with Crippen molar-refractivity contribution in [2.75, 3.05) is 12.4 Å². The van der Waals surface area contributed by atoms with E-state index in [0.717, 1.165) is 4.88 Å². The molecule has 0 aliphatic heterocycles. The Morgan fingerprint density at radius 1 is 1.42 bits per heavy atom. The van der Waals surface area contributed by atoms with Gasteiger partial charge in [0, 0.05) is 11.0 Å². The van der Waals surface area contributed by atoms with E-state index in [2.05, 4.69) is 10.6 Å². The quantitative estimate of drug-likeness (QED) is 0.367. The Bertz CT molecular complexity index is 788. The summed E-state index contributed by atoms with van der Waals surface area (Å²) in [5.74, 6) is -0.0850. The van der Waals surface area contributed by atoms with Crippen LogP contribution in [-0.2, 0) is 4.79 Å². The van der Waals surface area contributed by atoms with Crippen molar-refractivity contribution in [3.8, 4) is 5.75 Å². The Hall–Kier alpha value is -2.78. The van der Waals surface area contributed by atoms with Crippen molar-refractivity contribution in [1.82, 2.24) is 5.32 Å². The summed E-state index contributed by atoms with van der Waals surface area (Å²) >= 11 is 6.50. The minimum atomic E-state index is -0.564. The normalized spacial score (nSPS) is 10.4. The van der Waals surface area contributed by atoms with Crippen LogP contribution in [0.15, 0.2) is 41.8 Å². The van der Waals surface area contributed by atoms with Crippen molar-refractivity contribution >= 4 is 52.0 Å². The number of carbonyl (C=O) groups is 1. The number of ether oxygens (including phenoxy) is 1. The van der Waals surface area contributed by atoms with Crippen LogP contribution in [0.1, 0.15) is 4.88 Å². The summed E-state index contributed by atoms with van der Waals surface area (Å²) in [5, 5.41) is 18.0. The summed E-state index contributed by atoms with van der Waals surface area (Å²) < 4.78 is 4.95. The Morgan fingerprint density at radius 2 is 2.21 bits per heavy atom. The number of carbonyl (C=O) groups excluding carboxylic acids is 1. The molecule has 124 valence electrons. The molecule has 2 N–H and O–H groups in total. The van der Waals surface area contributed by atoms with Gasteiger partial charge in [0.2, 0.25) is 5.91 Å². The number of hydrogen-bond donors (Lipinski definition) is 2. The molecular weight excluding hydrogens is 350 g/mol. The second-order valence-electron chi connectivity index (χ2n) is 4.43. The van der Waals surface area contributed by atoms with Gasteiger partial charge in [-0.3, -0.25) is 20.2 Å². The number of nitro groups is 1. The molecule has 1 aromatic carbocycles. The zero-order valence-corrected chi connectivity index (χ0v) is 14.1. The maximum Gasteiger partial charge on any atom is 0.296 e. The van der Waals surface area contributed by atoms with Crippen molar-refractivity contribution in [3.63, 3.8) is 0 Å². The zero-order chi connectivity index (χ0) is 17.5. The second kappa shape index (κ2) is 8.18. The van der Waals surface area contributed by atoms with E-state index in [1.165, 1.54) is 36.7 Å². The third-order valence-electron chi connectivity index (χ3n) is 2.83. The zero-order valence-electron chi connectivity index (χ0n) is 12.5. The molecule has 0 bridgehead atoms. The molecule has 0 atom stereocenters. The summed E-state index contributed by atoms with van der Waals surface area (Å²) in [6.07, 6.45) is 2.99. The van der Waals surface area contributed by atoms with Crippen LogP contribution in [0.25, 0.3) is 6.08 Å². The summed E-state index contributed by atoms with van der Waals surface area (Å²) in [6, 6.07) is 8.01. The molecule has 0 saturated heterocycles. The number of methoxy groups -OCH3 is 1. The smallest absolute Gasteiger partial charge is 0.296 e. The molecule has 1 amide bonds. The Labute approximate surface area is 147 Å².